The number of aromatic nitrogens is 3. The number of hydrogen-bond donors (Lipinski definition) is 3. The number of aliphatic hydroxyl groups excluding tert-OH is 2. The number of nitrogen functional groups attached to an aromatic ring is 1. The molecule has 7 heteroatoms. The summed E-state index contributed by atoms with van der Waals surface area (Å²) in [7, 11) is 0. The highest BCUT2D eigenvalue weighted by molar-refractivity contribution is 5.09. The minimum absolute atomic E-state index is 0.106. The van der Waals surface area contributed by atoms with Gasteiger partial charge in [0.2, 0.25) is 5.95 Å². The fourth-order valence-corrected chi connectivity index (χ4v) is 1.46. The molecule has 1 saturated heterocycles. The maximum Gasteiger partial charge on any atom is 0.239 e. The molecule has 4 atom stereocenters. The number of hydrogen-bond acceptors (Lipinski definition) is 6. The molecule has 1 aromatic rings. The van der Waals surface area contributed by atoms with E-state index in [1.54, 1.807) is 6.92 Å². The number of rotatable bonds is 1. The van der Waals surface area contributed by atoms with Crippen LogP contribution in [0.1, 0.15) is 13.2 Å². The van der Waals surface area contributed by atoms with Crippen LogP contribution in [0.15, 0.2) is 6.33 Å². The van der Waals surface area contributed by atoms with Crippen molar-refractivity contribution in [3.63, 3.8) is 0 Å². The topological polar surface area (TPSA) is 106 Å². The summed E-state index contributed by atoms with van der Waals surface area (Å²) in [6, 6.07) is 0. The van der Waals surface area contributed by atoms with Gasteiger partial charge in [0.25, 0.3) is 0 Å². The van der Waals surface area contributed by atoms with Crippen molar-refractivity contribution in [2.75, 3.05) is 5.73 Å². The summed E-state index contributed by atoms with van der Waals surface area (Å²) in [5.74, 6) is 0.106. The molecule has 0 bridgehead atoms. The SMILES string of the molecule is CC1OC(n2cnc(N)n2)C(O)C1O. The fourth-order valence-electron chi connectivity index (χ4n) is 1.46. The monoisotopic (exact) mass is 200 g/mol. The third-order valence-electron chi connectivity index (χ3n) is 2.26. The van der Waals surface area contributed by atoms with Gasteiger partial charge in [0.15, 0.2) is 6.23 Å². The second-order valence-electron chi connectivity index (χ2n) is 3.30. The van der Waals surface area contributed by atoms with Gasteiger partial charge in [-0.3, -0.25) is 0 Å². The minimum atomic E-state index is -1.01. The van der Waals surface area contributed by atoms with Gasteiger partial charge in [-0.2, -0.15) is 0 Å². The van der Waals surface area contributed by atoms with Gasteiger partial charge in [-0.25, -0.2) is 9.67 Å². The van der Waals surface area contributed by atoms with Gasteiger partial charge < -0.3 is 20.7 Å². The highest BCUT2D eigenvalue weighted by Gasteiger charge is 2.41. The van der Waals surface area contributed by atoms with Gasteiger partial charge in [0.1, 0.15) is 18.5 Å². The first-order chi connectivity index (χ1) is 6.59. The Morgan fingerprint density at radius 2 is 2.21 bits per heavy atom. The van der Waals surface area contributed by atoms with Crippen LogP contribution in [0.4, 0.5) is 5.95 Å². The van der Waals surface area contributed by atoms with E-state index in [4.69, 9.17) is 10.5 Å². The van der Waals surface area contributed by atoms with Crippen molar-refractivity contribution in [1.82, 2.24) is 14.8 Å². The van der Waals surface area contributed by atoms with Crippen molar-refractivity contribution in [2.24, 2.45) is 0 Å². The van der Waals surface area contributed by atoms with Crippen molar-refractivity contribution < 1.29 is 14.9 Å². The Labute approximate surface area is 80.1 Å². The molecule has 0 aromatic carbocycles. The smallest absolute Gasteiger partial charge is 0.239 e. The summed E-state index contributed by atoms with van der Waals surface area (Å²) in [6.07, 6.45) is -1.71. The number of nitrogens with zero attached hydrogens (tertiary/aromatic N) is 3. The Hall–Kier alpha value is -1.18. The zero-order valence-corrected chi connectivity index (χ0v) is 7.61. The van der Waals surface area contributed by atoms with E-state index in [9.17, 15) is 10.2 Å². The molecule has 2 rings (SSSR count). The normalized spacial score (nSPS) is 37.6. The van der Waals surface area contributed by atoms with Crippen LogP contribution in [0, 0.1) is 0 Å². The molecule has 1 aliphatic rings. The van der Waals surface area contributed by atoms with Crippen LogP contribution in [-0.2, 0) is 4.74 Å². The van der Waals surface area contributed by atoms with E-state index in [2.05, 4.69) is 10.1 Å². The van der Waals surface area contributed by atoms with Crippen molar-refractivity contribution >= 4 is 5.95 Å². The molecule has 0 radical (unpaired) electrons. The second kappa shape index (κ2) is 3.19. The summed E-state index contributed by atoms with van der Waals surface area (Å²) >= 11 is 0. The Morgan fingerprint density at radius 1 is 1.50 bits per heavy atom. The number of aliphatic hydroxyl groups is 2. The Bertz CT molecular complexity index is 328. The molecule has 4 N–H and O–H groups in total. The van der Waals surface area contributed by atoms with E-state index in [-0.39, 0.29) is 5.95 Å². The van der Waals surface area contributed by atoms with E-state index in [1.165, 1.54) is 11.0 Å². The van der Waals surface area contributed by atoms with E-state index >= 15 is 0 Å². The third-order valence-corrected chi connectivity index (χ3v) is 2.26. The lowest BCUT2D eigenvalue weighted by Crippen LogP contribution is -2.30. The van der Waals surface area contributed by atoms with Crippen LogP contribution in [0.5, 0.6) is 0 Å². The van der Waals surface area contributed by atoms with Gasteiger partial charge >= 0.3 is 0 Å². The Kier molecular flexibility index (Phi) is 2.14. The molecule has 14 heavy (non-hydrogen) atoms. The highest BCUT2D eigenvalue weighted by atomic mass is 16.6. The maximum absolute atomic E-state index is 9.59. The van der Waals surface area contributed by atoms with Crippen LogP contribution in [-0.4, -0.2) is 43.3 Å². The first-order valence-electron chi connectivity index (χ1n) is 4.28. The lowest BCUT2D eigenvalue weighted by molar-refractivity contribution is -0.0397. The lowest BCUT2D eigenvalue weighted by atomic mass is 10.1. The van der Waals surface area contributed by atoms with Crippen molar-refractivity contribution in [3.05, 3.63) is 6.33 Å². The van der Waals surface area contributed by atoms with E-state index < -0.39 is 24.5 Å². The van der Waals surface area contributed by atoms with Crippen LogP contribution in [0.25, 0.3) is 0 Å². The standard InChI is InChI=1S/C7H12N4O3/c1-3-4(12)5(13)6(14-3)11-2-9-7(8)10-11/h2-6,12-13H,1H3,(H2,8,10). The molecule has 78 valence electrons. The summed E-state index contributed by atoms with van der Waals surface area (Å²) in [4.78, 5) is 3.70. The van der Waals surface area contributed by atoms with Crippen molar-refractivity contribution in [2.45, 2.75) is 31.5 Å². The highest BCUT2D eigenvalue weighted by Crippen LogP contribution is 2.28. The molecule has 4 unspecified atom stereocenters. The maximum atomic E-state index is 9.59. The predicted octanol–water partition coefficient (Wildman–Crippen LogP) is -1.50. The van der Waals surface area contributed by atoms with Gasteiger partial charge in [-0.05, 0) is 6.92 Å². The molecule has 7 nitrogen and oxygen atoms in total. The Balaban J connectivity index is 2.20. The zero-order valence-electron chi connectivity index (χ0n) is 7.61. The zero-order chi connectivity index (χ0) is 10.3. The molecular formula is C7H12N4O3. The van der Waals surface area contributed by atoms with Crippen LogP contribution in [0.3, 0.4) is 0 Å². The van der Waals surface area contributed by atoms with Gasteiger partial charge in [0, 0.05) is 0 Å². The van der Waals surface area contributed by atoms with Crippen LogP contribution < -0.4 is 5.73 Å². The molecule has 0 amide bonds. The average molecular weight is 200 g/mol. The van der Waals surface area contributed by atoms with Crippen molar-refractivity contribution in [1.29, 1.82) is 0 Å². The molecule has 0 saturated carbocycles. The molecule has 1 fully saturated rings. The first kappa shape index (κ1) is 9.38. The van der Waals surface area contributed by atoms with Crippen LogP contribution >= 0.6 is 0 Å². The molecule has 1 aromatic heterocycles. The number of nitrogens with two attached hydrogens (primary N) is 1. The molecule has 0 aliphatic carbocycles. The van der Waals surface area contributed by atoms with Gasteiger partial charge in [-0.1, -0.05) is 0 Å². The third kappa shape index (κ3) is 1.35. The van der Waals surface area contributed by atoms with Crippen LogP contribution in [0.2, 0.25) is 0 Å². The summed E-state index contributed by atoms with van der Waals surface area (Å²) < 4.78 is 6.59. The largest absolute Gasteiger partial charge is 0.388 e. The van der Waals surface area contributed by atoms with E-state index in [1.807, 2.05) is 0 Å². The molecular weight excluding hydrogens is 188 g/mol. The van der Waals surface area contributed by atoms with E-state index in [0.29, 0.717) is 0 Å². The van der Waals surface area contributed by atoms with Gasteiger partial charge in [0.05, 0.1) is 6.10 Å². The predicted molar refractivity (Wildman–Crippen MR) is 46.0 cm³/mol. The first-order valence-corrected chi connectivity index (χ1v) is 4.28. The fraction of sp³-hybridized carbons (Fsp3) is 0.714. The molecule has 0 spiro atoms. The summed E-state index contributed by atoms with van der Waals surface area (Å²) in [6.45, 7) is 1.67. The summed E-state index contributed by atoms with van der Waals surface area (Å²) in [5.41, 5.74) is 5.32. The number of anilines is 1. The van der Waals surface area contributed by atoms with Crippen molar-refractivity contribution in [3.8, 4) is 0 Å². The summed E-state index contributed by atoms with van der Waals surface area (Å²) in [5, 5.41) is 22.8. The Morgan fingerprint density at radius 3 is 2.64 bits per heavy atom. The number of ether oxygens (including phenoxy) is 1. The minimum Gasteiger partial charge on any atom is -0.388 e. The average Bonchev–Trinajstić information content (AvgIpc) is 2.66. The quantitative estimate of drug-likeness (QED) is 0.509. The second-order valence-corrected chi connectivity index (χ2v) is 3.30. The molecule has 1 aliphatic heterocycles. The van der Waals surface area contributed by atoms with Gasteiger partial charge in [-0.15, -0.1) is 5.10 Å². The lowest BCUT2D eigenvalue weighted by Gasteiger charge is -2.13. The van der Waals surface area contributed by atoms with E-state index in [0.717, 1.165) is 0 Å². The molecule has 2 heterocycles.